The molecule has 0 saturated carbocycles. The van der Waals surface area contributed by atoms with Crippen molar-refractivity contribution < 1.29 is 9.47 Å². The lowest BCUT2D eigenvalue weighted by molar-refractivity contribution is 0.255. The summed E-state index contributed by atoms with van der Waals surface area (Å²) >= 11 is 0. The number of aliphatic imine (C=N–C) groups is 1. The molecule has 2 rings (SSSR count). The van der Waals surface area contributed by atoms with E-state index in [0.29, 0.717) is 5.92 Å². The van der Waals surface area contributed by atoms with Crippen LogP contribution in [0, 0.1) is 5.92 Å². The van der Waals surface area contributed by atoms with Gasteiger partial charge in [-0.2, -0.15) is 0 Å². The first-order valence-corrected chi connectivity index (χ1v) is 10.8. The molecule has 1 fully saturated rings. The zero-order valence-electron chi connectivity index (χ0n) is 19.4. The monoisotopic (exact) mass is 404 g/mol. The molecule has 0 bridgehead atoms. The van der Waals surface area contributed by atoms with Gasteiger partial charge in [0.2, 0.25) is 0 Å². The van der Waals surface area contributed by atoms with Crippen molar-refractivity contribution in [3.63, 3.8) is 0 Å². The molecule has 164 valence electrons. The van der Waals surface area contributed by atoms with Gasteiger partial charge in [0.25, 0.3) is 0 Å². The standard InChI is InChI=1S/C23H40N4O2/c1-8-26(9-2)15-18-12-13-27(16-18)22(24-5)25-17-23(3,4)19-10-11-20(28-6)21(14-19)29-7/h10-11,14,18H,8-9,12-13,15-17H2,1-7H3,(H,24,25). The largest absolute Gasteiger partial charge is 0.493 e. The molecule has 1 unspecified atom stereocenters. The summed E-state index contributed by atoms with van der Waals surface area (Å²) in [5.41, 5.74) is 1.13. The summed E-state index contributed by atoms with van der Waals surface area (Å²) in [6.07, 6.45) is 1.23. The lowest BCUT2D eigenvalue weighted by Gasteiger charge is -2.30. The molecule has 6 nitrogen and oxygen atoms in total. The van der Waals surface area contributed by atoms with Gasteiger partial charge in [0, 0.05) is 38.6 Å². The normalized spacial score (nSPS) is 17.7. The predicted molar refractivity (Wildman–Crippen MR) is 121 cm³/mol. The van der Waals surface area contributed by atoms with Crippen molar-refractivity contribution in [1.29, 1.82) is 0 Å². The highest BCUT2D eigenvalue weighted by Gasteiger charge is 2.28. The Labute approximate surface area is 177 Å². The van der Waals surface area contributed by atoms with Crippen LogP contribution in [-0.2, 0) is 5.41 Å². The maximum atomic E-state index is 5.48. The second-order valence-corrected chi connectivity index (χ2v) is 8.44. The SMILES string of the molecule is CCN(CC)CC1CCN(C(=NC)NCC(C)(C)c2ccc(OC)c(OC)c2)C1. The Morgan fingerprint density at radius 2 is 1.90 bits per heavy atom. The Morgan fingerprint density at radius 3 is 2.48 bits per heavy atom. The van der Waals surface area contributed by atoms with Crippen LogP contribution in [0.15, 0.2) is 23.2 Å². The van der Waals surface area contributed by atoms with E-state index in [1.54, 1.807) is 14.2 Å². The Balaban J connectivity index is 1.98. The van der Waals surface area contributed by atoms with Crippen molar-refractivity contribution in [2.24, 2.45) is 10.9 Å². The molecule has 29 heavy (non-hydrogen) atoms. The van der Waals surface area contributed by atoms with Gasteiger partial charge in [-0.15, -0.1) is 0 Å². The molecule has 1 atom stereocenters. The number of guanidine groups is 1. The van der Waals surface area contributed by atoms with Crippen LogP contribution in [-0.4, -0.2) is 76.3 Å². The van der Waals surface area contributed by atoms with E-state index in [1.807, 2.05) is 13.1 Å². The van der Waals surface area contributed by atoms with Gasteiger partial charge in [-0.25, -0.2) is 0 Å². The van der Waals surface area contributed by atoms with E-state index in [9.17, 15) is 0 Å². The summed E-state index contributed by atoms with van der Waals surface area (Å²) in [7, 11) is 5.22. The van der Waals surface area contributed by atoms with Gasteiger partial charge >= 0.3 is 0 Å². The van der Waals surface area contributed by atoms with Crippen molar-refractivity contribution in [2.75, 3.05) is 60.5 Å². The predicted octanol–water partition coefficient (Wildman–Crippen LogP) is 3.22. The Bertz CT molecular complexity index is 671. The van der Waals surface area contributed by atoms with Crippen LogP contribution >= 0.6 is 0 Å². The van der Waals surface area contributed by atoms with E-state index in [2.05, 4.69) is 59.9 Å². The van der Waals surface area contributed by atoms with Crippen molar-refractivity contribution in [3.8, 4) is 11.5 Å². The number of nitrogens with zero attached hydrogens (tertiary/aromatic N) is 3. The van der Waals surface area contributed by atoms with Crippen LogP contribution < -0.4 is 14.8 Å². The number of rotatable bonds is 9. The number of hydrogen-bond acceptors (Lipinski definition) is 4. The van der Waals surface area contributed by atoms with Crippen LogP contribution in [0.1, 0.15) is 39.7 Å². The van der Waals surface area contributed by atoms with Gasteiger partial charge in [0.05, 0.1) is 14.2 Å². The highest BCUT2D eigenvalue weighted by molar-refractivity contribution is 5.80. The van der Waals surface area contributed by atoms with Gasteiger partial charge < -0.3 is 24.6 Å². The summed E-state index contributed by atoms with van der Waals surface area (Å²) in [6, 6.07) is 6.16. The summed E-state index contributed by atoms with van der Waals surface area (Å²) in [5.74, 6) is 3.24. The topological polar surface area (TPSA) is 49.3 Å². The van der Waals surface area contributed by atoms with Crippen molar-refractivity contribution in [3.05, 3.63) is 23.8 Å². The van der Waals surface area contributed by atoms with E-state index in [0.717, 1.165) is 50.2 Å². The molecule has 1 saturated heterocycles. The molecule has 6 heteroatoms. The number of ether oxygens (including phenoxy) is 2. The van der Waals surface area contributed by atoms with Crippen LogP contribution in [0.25, 0.3) is 0 Å². The molecule has 0 spiro atoms. The van der Waals surface area contributed by atoms with E-state index >= 15 is 0 Å². The summed E-state index contributed by atoms with van der Waals surface area (Å²) in [4.78, 5) is 9.48. The highest BCUT2D eigenvalue weighted by atomic mass is 16.5. The molecule has 1 N–H and O–H groups in total. The molecule has 0 aliphatic carbocycles. The molecular weight excluding hydrogens is 364 g/mol. The second-order valence-electron chi connectivity index (χ2n) is 8.44. The molecule has 1 aliphatic rings. The van der Waals surface area contributed by atoms with Gasteiger partial charge in [-0.1, -0.05) is 33.8 Å². The van der Waals surface area contributed by atoms with Crippen molar-refractivity contribution in [2.45, 2.75) is 39.5 Å². The summed E-state index contributed by atoms with van der Waals surface area (Å²) in [5, 5.41) is 3.61. The third kappa shape index (κ3) is 6.01. The second kappa shape index (κ2) is 10.7. The van der Waals surface area contributed by atoms with Gasteiger partial charge in [-0.3, -0.25) is 4.99 Å². The highest BCUT2D eigenvalue weighted by Crippen LogP contribution is 2.33. The van der Waals surface area contributed by atoms with Crippen LogP contribution in [0.5, 0.6) is 11.5 Å². The lowest BCUT2D eigenvalue weighted by Crippen LogP contribution is -2.45. The molecule has 1 heterocycles. The van der Waals surface area contributed by atoms with Crippen LogP contribution in [0.4, 0.5) is 0 Å². The average molecular weight is 405 g/mol. The van der Waals surface area contributed by atoms with Gasteiger partial charge in [-0.05, 0) is 43.1 Å². The summed E-state index contributed by atoms with van der Waals surface area (Å²) < 4.78 is 10.9. The Morgan fingerprint density at radius 1 is 1.21 bits per heavy atom. The number of likely N-dealkylation sites (tertiary alicyclic amines) is 1. The molecule has 1 aromatic carbocycles. The number of benzene rings is 1. The molecule has 0 amide bonds. The van der Waals surface area contributed by atoms with Gasteiger partial charge in [0.1, 0.15) is 0 Å². The fraction of sp³-hybridized carbons (Fsp3) is 0.696. The summed E-state index contributed by atoms with van der Waals surface area (Å²) in [6.45, 7) is 15.3. The fourth-order valence-electron chi connectivity index (χ4n) is 4.01. The molecule has 0 aromatic heterocycles. The van der Waals surface area contributed by atoms with E-state index in [1.165, 1.54) is 18.5 Å². The lowest BCUT2D eigenvalue weighted by atomic mass is 9.84. The molecular formula is C23H40N4O2. The zero-order chi connectivity index (χ0) is 21.4. The molecule has 0 radical (unpaired) electrons. The maximum Gasteiger partial charge on any atom is 0.193 e. The average Bonchev–Trinajstić information content (AvgIpc) is 3.20. The number of methoxy groups -OCH3 is 2. The van der Waals surface area contributed by atoms with E-state index < -0.39 is 0 Å². The minimum absolute atomic E-state index is 0.0736. The molecule has 1 aliphatic heterocycles. The minimum Gasteiger partial charge on any atom is -0.493 e. The number of nitrogens with one attached hydrogen (secondary N) is 1. The first kappa shape index (κ1) is 23.3. The maximum absolute atomic E-state index is 5.48. The minimum atomic E-state index is -0.0736. The first-order chi connectivity index (χ1) is 13.9. The van der Waals surface area contributed by atoms with E-state index in [4.69, 9.17) is 9.47 Å². The smallest absolute Gasteiger partial charge is 0.193 e. The number of hydrogen-bond donors (Lipinski definition) is 1. The van der Waals surface area contributed by atoms with Crippen molar-refractivity contribution >= 4 is 5.96 Å². The Kier molecular flexibility index (Phi) is 8.62. The van der Waals surface area contributed by atoms with Crippen LogP contribution in [0.2, 0.25) is 0 Å². The zero-order valence-corrected chi connectivity index (χ0v) is 19.4. The van der Waals surface area contributed by atoms with Crippen LogP contribution in [0.3, 0.4) is 0 Å². The quantitative estimate of drug-likeness (QED) is 0.506. The van der Waals surface area contributed by atoms with Crippen molar-refractivity contribution in [1.82, 2.24) is 15.1 Å². The van der Waals surface area contributed by atoms with E-state index in [-0.39, 0.29) is 5.41 Å². The fourth-order valence-corrected chi connectivity index (χ4v) is 4.01. The molecule has 1 aromatic rings. The third-order valence-electron chi connectivity index (χ3n) is 6.06. The van der Waals surface area contributed by atoms with Gasteiger partial charge in [0.15, 0.2) is 17.5 Å². The third-order valence-corrected chi connectivity index (χ3v) is 6.06. The Hall–Kier alpha value is -1.95. The first-order valence-electron chi connectivity index (χ1n) is 10.8.